The van der Waals surface area contributed by atoms with Crippen LogP contribution >= 0.6 is 11.6 Å². The Balaban J connectivity index is 1.80. The molecular weight excluding hydrogens is 501 g/mol. The van der Waals surface area contributed by atoms with Crippen LogP contribution in [0.1, 0.15) is 39.2 Å². The molecule has 0 saturated carbocycles. The first-order valence-corrected chi connectivity index (χ1v) is 13.4. The van der Waals surface area contributed by atoms with Crippen molar-refractivity contribution in [1.82, 2.24) is 4.90 Å². The maximum atomic E-state index is 13.6. The first kappa shape index (κ1) is 27.2. The molecule has 0 aromatic heterocycles. The summed E-state index contributed by atoms with van der Waals surface area (Å²) in [7, 11) is -2.75. The Bertz CT molecular complexity index is 1190. The second-order valence-corrected chi connectivity index (χ2v) is 12.7. The lowest BCUT2D eigenvalue weighted by Crippen LogP contribution is -2.44. The van der Waals surface area contributed by atoms with Crippen molar-refractivity contribution in [2.75, 3.05) is 24.6 Å². The van der Waals surface area contributed by atoms with Crippen LogP contribution in [0.25, 0.3) is 11.1 Å². The molecule has 0 spiro atoms. The molecular formula is C25H30ClF3N2O3S. The van der Waals surface area contributed by atoms with Crippen LogP contribution in [-0.4, -0.2) is 45.5 Å². The summed E-state index contributed by atoms with van der Waals surface area (Å²) in [4.78, 5) is 14.5. The number of likely N-dealkylation sites (tertiary alicyclic amines) is 1. The zero-order chi connectivity index (χ0) is 26.2. The predicted octanol–water partition coefficient (Wildman–Crippen LogP) is 6.33. The summed E-state index contributed by atoms with van der Waals surface area (Å²) >= 11 is 6.12. The van der Waals surface area contributed by atoms with E-state index in [1.54, 1.807) is 25.7 Å². The second-order valence-electron chi connectivity index (χ2n) is 9.86. The highest BCUT2D eigenvalue weighted by Gasteiger charge is 2.35. The number of amides is 1. The van der Waals surface area contributed by atoms with Crippen molar-refractivity contribution in [2.45, 2.75) is 50.3 Å². The van der Waals surface area contributed by atoms with Crippen LogP contribution in [0.15, 0.2) is 41.3 Å². The van der Waals surface area contributed by atoms with Gasteiger partial charge in [0.15, 0.2) is 0 Å². The fourth-order valence-corrected chi connectivity index (χ4v) is 6.38. The van der Waals surface area contributed by atoms with Gasteiger partial charge in [-0.05, 0) is 84.8 Å². The molecule has 2 N–H and O–H groups in total. The number of ether oxygens (including phenoxy) is 1. The van der Waals surface area contributed by atoms with Crippen LogP contribution in [-0.2, 0) is 20.4 Å². The Labute approximate surface area is 209 Å². The quantitative estimate of drug-likeness (QED) is 0.370. The Morgan fingerprint density at radius 2 is 1.86 bits per heavy atom. The molecule has 2 aromatic rings. The average Bonchev–Trinajstić information content (AvgIpc) is 2.71. The minimum Gasteiger partial charge on any atom is -0.444 e. The number of alkyl halides is 3. The van der Waals surface area contributed by atoms with E-state index in [1.807, 2.05) is 0 Å². The van der Waals surface area contributed by atoms with E-state index in [4.69, 9.17) is 22.1 Å². The molecule has 1 heterocycles. The molecule has 2 aromatic carbocycles. The van der Waals surface area contributed by atoms with E-state index >= 15 is 0 Å². The number of piperidine rings is 1. The molecule has 0 bridgehead atoms. The van der Waals surface area contributed by atoms with Crippen molar-refractivity contribution in [3.8, 4) is 11.1 Å². The summed E-state index contributed by atoms with van der Waals surface area (Å²) in [6, 6.07) is 8.07. The van der Waals surface area contributed by atoms with Crippen molar-refractivity contribution < 1.29 is 26.9 Å². The summed E-state index contributed by atoms with van der Waals surface area (Å²) in [6.45, 7) is 6.38. The molecule has 5 nitrogen and oxygen atoms in total. The summed E-state index contributed by atoms with van der Waals surface area (Å²) in [5.41, 5.74) is 3.99. The zero-order valence-corrected chi connectivity index (χ0v) is 21.5. The third-order valence-electron chi connectivity index (χ3n) is 5.67. The third kappa shape index (κ3) is 6.85. The Hall–Kier alpha value is -2.39. The lowest BCUT2D eigenvalue weighted by Gasteiger charge is -2.34. The second kappa shape index (κ2) is 9.93. The number of anilines is 1. The molecule has 1 aliphatic heterocycles. The van der Waals surface area contributed by atoms with Crippen LogP contribution in [0.3, 0.4) is 0 Å². The average molecular weight is 531 g/mol. The van der Waals surface area contributed by atoms with Crippen LogP contribution in [0.4, 0.5) is 23.7 Å². The molecule has 2 atom stereocenters. The van der Waals surface area contributed by atoms with Gasteiger partial charge in [0.2, 0.25) is 0 Å². The van der Waals surface area contributed by atoms with E-state index in [0.29, 0.717) is 18.0 Å². The highest BCUT2D eigenvalue weighted by molar-refractivity contribution is 8.00. The van der Waals surface area contributed by atoms with Gasteiger partial charge in [0.1, 0.15) is 5.60 Å². The maximum absolute atomic E-state index is 13.6. The summed E-state index contributed by atoms with van der Waals surface area (Å²) in [5.74, 6) is 4.14. The van der Waals surface area contributed by atoms with Gasteiger partial charge in [0.25, 0.3) is 0 Å². The summed E-state index contributed by atoms with van der Waals surface area (Å²) in [5, 5.41) is -0.120. The van der Waals surface area contributed by atoms with Gasteiger partial charge >= 0.3 is 12.3 Å². The highest BCUT2D eigenvalue weighted by atomic mass is 35.5. The summed E-state index contributed by atoms with van der Waals surface area (Å²) < 4.78 is 59.7. The van der Waals surface area contributed by atoms with Gasteiger partial charge in [0.05, 0.1) is 10.6 Å². The van der Waals surface area contributed by atoms with E-state index in [1.165, 1.54) is 30.3 Å². The third-order valence-corrected chi connectivity index (χ3v) is 8.11. The monoisotopic (exact) mass is 530 g/mol. The lowest BCUT2D eigenvalue weighted by molar-refractivity contribution is -0.137. The highest BCUT2D eigenvalue weighted by Crippen LogP contribution is 2.42. The zero-order valence-electron chi connectivity index (χ0n) is 20.0. The molecule has 1 amide bonds. The first-order chi connectivity index (χ1) is 16.1. The van der Waals surface area contributed by atoms with E-state index < -0.39 is 33.0 Å². The molecule has 0 aliphatic carbocycles. The van der Waals surface area contributed by atoms with E-state index in [9.17, 15) is 22.2 Å². The number of carbonyl (C=O) groups excluding carboxylic acids is 1. The van der Waals surface area contributed by atoms with Crippen molar-refractivity contribution in [3.05, 3.63) is 47.0 Å². The molecule has 1 fully saturated rings. The van der Waals surface area contributed by atoms with Gasteiger partial charge in [0, 0.05) is 35.0 Å². The largest absolute Gasteiger partial charge is 0.444 e. The molecule has 2 unspecified atom stereocenters. The van der Waals surface area contributed by atoms with E-state index in [2.05, 4.69) is 5.87 Å². The van der Waals surface area contributed by atoms with Gasteiger partial charge in [-0.25, -0.2) is 4.79 Å². The fourth-order valence-electron chi connectivity index (χ4n) is 4.18. The predicted molar refractivity (Wildman–Crippen MR) is 135 cm³/mol. The minimum atomic E-state index is -4.64. The number of hydrogen-bond acceptors (Lipinski definition) is 4. The first-order valence-electron chi connectivity index (χ1n) is 11.2. The molecule has 192 valence electrons. The lowest BCUT2D eigenvalue weighted by atomic mass is 9.98. The smallest absolute Gasteiger partial charge is 0.417 e. The van der Waals surface area contributed by atoms with Crippen LogP contribution in [0.2, 0.25) is 5.02 Å². The maximum Gasteiger partial charge on any atom is 0.417 e. The van der Waals surface area contributed by atoms with Crippen molar-refractivity contribution in [2.24, 2.45) is 5.92 Å². The minimum absolute atomic E-state index is 0.0377. The van der Waals surface area contributed by atoms with Crippen LogP contribution in [0, 0.1) is 5.92 Å². The van der Waals surface area contributed by atoms with E-state index in [-0.39, 0.29) is 33.5 Å². The fraction of sp³-hybridized carbons (Fsp3) is 0.440. The molecule has 10 heteroatoms. The number of nitrogen functional groups attached to an aromatic ring is 1. The van der Waals surface area contributed by atoms with Gasteiger partial charge in [-0.3, -0.25) is 4.21 Å². The molecule has 3 rings (SSSR count). The van der Waals surface area contributed by atoms with E-state index in [0.717, 1.165) is 18.9 Å². The van der Waals surface area contributed by atoms with Crippen molar-refractivity contribution in [1.29, 1.82) is 0 Å². The van der Waals surface area contributed by atoms with Crippen LogP contribution < -0.4 is 5.73 Å². The standard InChI is InChI=1S/C25H30ClF3N2O3S/c1-24(2,3)34-23(32)31-11-5-6-16(14-31)15-35(4,33)19-9-7-17(8-10-19)22-20(25(27,28)29)12-18(30)13-21(22)26/h7-10,12-13,16H,4-6,11,14-15,30H2,1-3H3. The van der Waals surface area contributed by atoms with Gasteiger partial charge in [-0.15, -0.1) is 0 Å². The van der Waals surface area contributed by atoms with Gasteiger partial charge in [-0.1, -0.05) is 23.7 Å². The molecule has 0 radical (unpaired) electrons. The number of rotatable bonds is 4. The van der Waals surface area contributed by atoms with Gasteiger partial charge < -0.3 is 15.4 Å². The number of halogens is 4. The summed E-state index contributed by atoms with van der Waals surface area (Å²) in [6.07, 6.45) is -3.50. The number of nitrogens with zero attached hydrogens (tertiary/aromatic N) is 1. The number of nitrogens with two attached hydrogens (primary N) is 1. The molecule has 1 aliphatic rings. The normalized spacial score (nSPS) is 18.7. The Morgan fingerprint density at radius 1 is 1.23 bits per heavy atom. The van der Waals surface area contributed by atoms with Crippen molar-refractivity contribution >= 4 is 38.8 Å². The van der Waals surface area contributed by atoms with Crippen molar-refractivity contribution in [3.63, 3.8) is 0 Å². The SMILES string of the molecule is C=S(=O)(CC1CCCN(C(=O)OC(C)(C)C)C1)c1ccc(-c2c(Cl)cc(N)cc2C(F)(F)F)cc1. The number of carbonyl (C=O) groups is 1. The molecule has 1 saturated heterocycles. The number of benzene rings is 2. The molecule has 35 heavy (non-hydrogen) atoms. The topological polar surface area (TPSA) is 72.6 Å². The Kier molecular flexibility index (Phi) is 7.72. The number of hydrogen-bond donors (Lipinski definition) is 1. The Morgan fingerprint density at radius 3 is 2.43 bits per heavy atom. The van der Waals surface area contributed by atoms with Crippen LogP contribution in [0.5, 0.6) is 0 Å². The van der Waals surface area contributed by atoms with Gasteiger partial charge in [-0.2, -0.15) is 13.2 Å².